The SMILES string of the molecule is O=C(NCc1c(F)ccc2[nH]cnc12)C1CCCN1C1CCCC1. The zero-order valence-electron chi connectivity index (χ0n) is 13.7. The van der Waals surface area contributed by atoms with E-state index in [0.717, 1.165) is 24.9 Å². The van der Waals surface area contributed by atoms with Crippen LogP contribution in [0.1, 0.15) is 44.1 Å². The number of benzene rings is 1. The van der Waals surface area contributed by atoms with Gasteiger partial charge in [-0.3, -0.25) is 9.69 Å². The predicted octanol–water partition coefficient (Wildman–Crippen LogP) is 2.73. The molecule has 1 aliphatic heterocycles. The van der Waals surface area contributed by atoms with E-state index in [9.17, 15) is 9.18 Å². The van der Waals surface area contributed by atoms with Gasteiger partial charge in [-0.05, 0) is 44.4 Å². The molecular weight excluding hydrogens is 307 g/mol. The van der Waals surface area contributed by atoms with Crippen molar-refractivity contribution in [1.29, 1.82) is 0 Å². The van der Waals surface area contributed by atoms with E-state index in [2.05, 4.69) is 20.2 Å². The van der Waals surface area contributed by atoms with Crippen LogP contribution in [-0.4, -0.2) is 39.4 Å². The fourth-order valence-electron chi connectivity index (χ4n) is 4.25. The van der Waals surface area contributed by atoms with Crippen LogP contribution in [0.3, 0.4) is 0 Å². The summed E-state index contributed by atoms with van der Waals surface area (Å²) in [6.45, 7) is 1.19. The first kappa shape index (κ1) is 15.6. The maximum absolute atomic E-state index is 14.1. The van der Waals surface area contributed by atoms with Crippen LogP contribution in [0.25, 0.3) is 11.0 Å². The number of fused-ring (bicyclic) bond motifs is 1. The molecule has 0 radical (unpaired) electrons. The molecule has 1 atom stereocenters. The molecule has 24 heavy (non-hydrogen) atoms. The van der Waals surface area contributed by atoms with Gasteiger partial charge in [-0.1, -0.05) is 12.8 Å². The standard InChI is InChI=1S/C18H23FN4O/c19-14-7-8-15-17(22-11-21-15)13(14)10-20-18(24)16-6-3-9-23(16)12-4-1-2-5-12/h7-8,11-12,16H,1-6,9-10H2,(H,20,24)(H,21,22). The number of carbonyl (C=O) groups is 1. The van der Waals surface area contributed by atoms with E-state index in [1.165, 1.54) is 31.7 Å². The zero-order valence-corrected chi connectivity index (χ0v) is 13.7. The topological polar surface area (TPSA) is 61.0 Å². The molecule has 2 N–H and O–H groups in total. The molecule has 2 aliphatic rings. The molecule has 0 spiro atoms. The van der Waals surface area contributed by atoms with E-state index < -0.39 is 0 Å². The van der Waals surface area contributed by atoms with Gasteiger partial charge in [0.25, 0.3) is 0 Å². The van der Waals surface area contributed by atoms with Crippen LogP contribution in [0.15, 0.2) is 18.5 Å². The summed E-state index contributed by atoms with van der Waals surface area (Å²) in [6, 6.07) is 3.58. The minimum absolute atomic E-state index is 0.0198. The Morgan fingerprint density at radius 1 is 1.29 bits per heavy atom. The summed E-state index contributed by atoms with van der Waals surface area (Å²) in [4.78, 5) is 22.2. The third-order valence-corrected chi connectivity index (χ3v) is 5.47. The van der Waals surface area contributed by atoms with Crippen molar-refractivity contribution < 1.29 is 9.18 Å². The summed E-state index contributed by atoms with van der Waals surface area (Å²) in [5, 5.41) is 2.94. The van der Waals surface area contributed by atoms with Gasteiger partial charge in [0, 0.05) is 18.2 Å². The number of rotatable bonds is 4. The van der Waals surface area contributed by atoms with Gasteiger partial charge in [-0.25, -0.2) is 9.37 Å². The average Bonchev–Trinajstić information content (AvgIpc) is 3.31. The molecule has 5 nitrogen and oxygen atoms in total. The van der Waals surface area contributed by atoms with Crippen LogP contribution in [0.5, 0.6) is 0 Å². The molecule has 1 saturated heterocycles. The maximum atomic E-state index is 14.1. The van der Waals surface area contributed by atoms with Crippen LogP contribution < -0.4 is 5.32 Å². The van der Waals surface area contributed by atoms with Gasteiger partial charge in [0.05, 0.1) is 23.4 Å². The first-order valence-electron chi connectivity index (χ1n) is 8.88. The highest BCUT2D eigenvalue weighted by Gasteiger charge is 2.36. The van der Waals surface area contributed by atoms with E-state index in [-0.39, 0.29) is 24.3 Å². The number of hydrogen-bond donors (Lipinski definition) is 2. The quantitative estimate of drug-likeness (QED) is 0.906. The molecule has 2 aromatic rings. The molecule has 1 unspecified atom stereocenters. The van der Waals surface area contributed by atoms with Crippen LogP contribution in [0.2, 0.25) is 0 Å². The van der Waals surface area contributed by atoms with Gasteiger partial charge < -0.3 is 10.3 Å². The van der Waals surface area contributed by atoms with Crippen LogP contribution in [0.4, 0.5) is 4.39 Å². The number of aromatic nitrogens is 2. The average molecular weight is 330 g/mol. The third kappa shape index (κ3) is 2.79. The molecule has 1 aliphatic carbocycles. The lowest BCUT2D eigenvalue weighted by Gasteiger charge is -2.29. The highest BCUT2D eigenvalue weighted by atomic mass is 19.1. The fraction of sp³-hybridized carbons (Fsp3) is 0.556. The van der Waals surface area contributed by atoms with Gasteiger partial charge in [-0.15, -0.1) is 0 Å². The molecule has 0 bridgehead atoms. The Hall–Kier alpha value is -1.95. The summed E-state index contributed by atoms with van der Waals surface area (Å²) in [5.74, 6) is -0.305. The van der Waals surface area contributed by atoms with E-state index in [1.807, 2.05) is 0 Å². The number of halogens is 1. The molecule has 6 heteroatoms. The molecule has 1 aromatic carbocycles. The minimum Gasteiger partial charge on any atom is -0.350 e. The maximum Gasteiger partial charge on any atom is 0.237 e. The van der Waals surface area contributed by atoms with Crippen molar-refractivity contribution >= 4 is 16.9 Å². The normalized spacial score (nSPS) is 22.5. The number of nitrogens with one attached hydrogen (secondary N) is 2. The van der Waals surface area contributed by atoms with Crippen molar-refractivity contribution in [3.8, 4) is 0 Å². The number of carbonyl (C=O) groups excluding carboxylic acids is 1. The van der Waals surface area contributed by atoms with Crippen molar-refractivity contribution in [1.82, 2.24) is 20.2 Å². The number of imidazole rings is 1. The number of H-pyrrole nitrogens is 1. The summed E-state index contributed by atoms with van der Waals surface area (Å²) in [7, 11) is 0. The third-order valence-electron chi connectivity index (χ3n) is 5.47. The highest BCUT2D eigenvalue weighted by molar-refractivity contribution is 5.83. The number of likely N-dealkylation sites (tertiary alicyclic amines) is 1. The van der Waals surface area contributed by atoms with Crippen molar-refractivity contribution in [3.63, 3.8) is 0 Å². The van der Waals surface area contributed by atoms with Crippen molar-refractivity contribution in [2.75, 3.05) is 6.54 Å². The smallest absolute Gasteiger partial charge is 0.237 e. The predicted molar refractivity (Wildman–Crippen MR) is 89.9 cm³/mol. The first-order chi connectivity index (χ1) is 11.7. The first-order valence-corrected chi connectivity index (χ1v) is 8.88. The molecule has 4 rings (SSSR count). The second-order valence-corrected chi connectivity index (χ2v) is 6.88. The summed E-state index contributed by atoms with van der Waals surface area (Å²) < 4.78 is 14.1. The second-order valence-electron chi connectivity index (χ2n) is 6.88. The van der Waals surface area contributed by atoms with E-state index >= 15 is 0 Å². The van der Waals surface area contributed by atoms with Gasteiger partial charge >= 0.3 is 0 Å². The summed E-state index contributed by atoms with van der Waals surface area (Å²) in [6.07, 6.45) is 8.45. The van der Waals surface area contributed by atoms with E-state index in [4.69, 9.17) is 0 Å². The van der Waals surface area contributed by atoms with Gasteiger partial charge in [0.1, 0.15) is 5.82 Å². The monoisotopic (exact) mass is 330 g/mol. The Balaban J connectivity index is 1.46. The van der Waals surface area contributed by atoms with Crippen molar-refractivity contribution in [2.45, 2.75) is 57.2 Å². The largest absolute Gasteiger partial charge is 0.350 e. The van der Waals surface area contributed by atoms with Crippen molar-refractivity contribution in [2.24, 2.45) is 0 Å². The molecular formula is C18H23FN4O. The Morgan fingerprint density at radius 3 is 2.96 bits per heavy atom. The molecule has 2 heterocycles. The number of amides is 1. The van der Waals surface area contributed by atoms with E-state index in [0.29, 0.717) is 17.1 Å². The van der Waals surface area contributed by atoms with Crippen molar-refractivity contribution in [3.05, 3.63) is 29.8 Å². The van der Waals surface area contributed by atoms with Crippen LogP contribution >= 0.6 is 0 Å². The lowest BCUT2D eigenvalue weighted by atomic mass is 10.1. The Kier molecular flexibility index (Phi) is 4.22. The lowest BCUT2D eigenvalue weighted by Crippen LogP contribution is -2.46. The molecule has 1 aromatic heterocycles. The molecule has 2 fully saturated rings. The summed E-state index contributed by atoms with van der Waals surface area (Å²) in [5.41, 5.74) is 1.83. The van der Waals surface area contributed by atoms with Gasteiger partial charge in [0.15, 0.2) is 0 Å². The number of hydrogen-bond acceptors (Lipinski definition) is 3. The van der Waals surface area contributed by atoms with Gasteiger partial charge in [-0.2, -0.15) is 0 Å². The van der Waals surface area contributed by atoms with Crippen LogP contribution in [-0.2, 0) is 11.3 Å². The molecule has 1 saturated carbocycles. The second kappa shape index (κ2) is 6.51. The van der Waals surface area contributed by atoms with E-state index in [1.54, 1.807) is 12.4 Å². The summed E-state index contributed by atoms with van der Waals surface area (Å²) >= 11 is 0. The Labute approximate surface area is 140 Å². The fourth-order valence-corrected chi connectivity index (χ4v) is 4.25. The zero-order chi connectivity index (χ0) is 16.5. The minimum atomic E-state index is -0.325. The Morgan fingerprint density at radius 2 is 2.12 bits per heavy atom. The molecule has 128 valence electrons. The molecule has 1 amide bonds. The number of nitrogens with zero attached hydrogens (tertiary/aromatic N) is 2. The Bertz CT molecular complexity index is 738. The van der Waals surface area contributed by atoms with Crippen LogP contribution in [0, 0.1) is 5.82 Å². The highest BCUT2D eigenvalue weighted by Crippen LogP contribution is 2.30. The van der Waals surface area contributed by atoms with Gasteiger partial charge in [0.2, 0.25) is 5.91 Å². The number of aromatic amines is 1. The lowest BCUT2D eigenvalue weighted by molar-refractivity contribution is -0.126.